The summed E-state index contributed by atoms with van der Waals surface area (Å²) in [5, 5.41) is 3.05. The molecule has 2 rings (SSSR count). The molecule has 1 aromatic carbocycles. The van der Waals surface area contributed by atoms with E-state index in [2.05, 4.69) is 31.2 Å². The fraction of sp³-hybridized carbons (Fsp3) is 0.231. The standard InChI is InChI=1S/C13H15BrN4/c1-15-9-12-16-8-7-13(17-12)18(2)11-5-3-10(14)4-6-11/h3-8,15H,9H2,1-2H3. The van der Waals surface area contributed by atoms with Crippen LogP contribution in [0.1, 0.15) is 5.82 Å². The highest BCUT2D eigenvalue weighted by Crippen LogP contribution is 2.23. The second kappa shape index (κ2) is 5.93. The lowest BCUT2D eigenvalue weighted by Gasteiger charge is -2.18. The van der Waals surface area contributed by atoms with Crippen molar-refractivity contribution in [1.29, 1.82) is 0 Å². The molecule has 0 spiro atoms. The van der Waals surface area contributed by atoms with Crippen LogP contribution in [0.4, 0.5) is 11.5 Å². The highest BCUT2D eigenvalue weighted by molar-refractivity contribution is 9.10. The third kappa shape index (κ3) is 3.05. The molecular weight excluding hydrogens is 292 g/mol. The maximum absolute atomic E-state index is 4.50. The first-order chi connectivity index (χ1) is 8.70. The van der Waals surface area contributed by atoms with Gasteiger partial charge in [0.25, 0.3) is 0 Å². The summed E-state index contributed by atoms with van der Waals surface area (Å²) >= 11 is 3.43. The highest BCUT2D eigenvalue weighted by Gasteiger charge is 2.06. The van der Waals surface area contributed by atoms with Gasteiger partial charge in [-0.3, -0.25) is 0 Å². The molecule has 1 heterocycles. The van der Waals surface area contributed by atoms with Gasteiger partial charge in [0.05, 0.1) is 6.54 Å². The number of anilines is 2. The van der Waals surface area contributed by atoms with Gasteiger partial charge in [0.2, 0.25) is 0 Å². The number of aromatic nitrogens is 2. The third-order valence-electron chi connectivity index (χ3n) is 2.58. The fourth-order valence-corrected chi connectivity index (χ4v) is 1.88. The van der Waals surface area contributed by atoms with Crippen LogP contribution in [0.15, 0.2) is 41.0 Å². The number of nitrogens with one attached hydrogen (secondary N) is 1. The van der Waals surface area contributed by atoms with Gasteiger partial charge in [-0.15, -0.1) is 0 Å². The lowest BCUT2D eigenvalue weighted by molar-refractivity contribution is 0.757. The van der Waals surface area contributed by atoms with Gasteiger partial charge in [0.15, 0.2) is 0 Å². The van der Waals surface area contributed by atoms with Crippen LogP contribution in [0.3, 0.4) is 0 Å². The summed E-state index contributed by atoms with van der Waals surface area (Å²) in [6, 6.07) is 10.0. The van der Waals surface area contributed by atoms with Crippen LogP contribution in [0.5, 0.6) is 0 Å². The highest BCUT2D eigenvalue weighted by atomic mass is 79.9. The van der Waals surface area contributed by atoms with Crippen LogP contribution < -0.4 is 10.2 Å². The minimum absolute atomic E-state index is 0.669. The van der Waals surface area contributed by atoms with Gasteiger partial charge in [0, 0.05) is 23.4 Å². The summed E-state index contributed by atoms with van der Waals surface area (Å²) in [5.74, 6) is 1.68. The number of hydrogen-bond acceptors (Lipinski definition) is 4. The van der Waals surface area contributed by atoms with Crippen LogP contribution in [0.2, 0.25) is 0 Å². The third-order valence-corrected chi connectivity index (χ3v) is 3.11. The summed E-state index contributed by atoms with van der Waals surface area (Å²) in [5.41, 5.74) is 1.09. The maximum Gasteiger partial charge on any atom is 0.144 e. The molecule has 0 aliphatic heterocycles. The van der Waals surface area contributed by atoms with Crippen LogP contribution in [0, 0.1) is 0 Å². The summed E-state index contributed by atoms with van der Waals surface area (Å²) in [7, 11) is 3.88. The molecule has 0 amide bonds. The lowest BCUT2D eigenvalue weighted by Crippen LogP contribution is -2.14. The van der Waals surface area contributed by atoms with Crippen molar-refractivity contribution in [3.63, 3.8) is 0 Å². The summed E-state index contributed by atoms with van der Waals surface area (Å²) in [6.07, 6.45) is 1.78. The molecule has 0 aliphatic carbocycles. The van der Waals surface area contributed by atoms with E-state index < -0.39 is 0 Å². The van der Waals surface area contributed by atoms with E-state index >= 15 is 0 Å². The van der Waals surface area contributed by atoms with Crippen molar-refractivity contribution in [3.05, 3.63) is 46.8 Å². The molecule has 1 N–H and O–H groups in total. The van der Waals surface area contributed by atoms with E-state index in [1.807, 2.05) is 49.3 Å². The average Bonchev–Trinajstić information content (AvgIpc) is 2.39. The Morgan fingerprint density at radius 1 is 1.22 bits per heavy atom. The summed E-state index contributed by atoms with van der Waals surface area (Å²) in [4.78, 5) is 10.7. The molecule has 5 heteroatoms. The first kappa shape index (κ1) is 13.0. The van der Waals surface area contributed by atoms with E-state index in [1.165, 1.54) is 0 Å². The molecule has 0 aliphatic rings. The topological polar surface area (TPSA) is 41.1 Å². The Hall–Kier alpha value is -1.46. The minimum atomic E-state index is 0.669. The molecule has 0 fully saturated rings. The van der Waals surface area contributed by atoms with Crippen LogP contribution in [-0.2, 0) is 6.54 Å². The predicted octanol–water partition coefficient (Wildman–Crippen LogP) is 2.73. The first-order valence-corrected chi connectivity index (χ1v) is 6.46. The number of hydrogen-bond donors (Lipinski definition) is 1. The molecule has 0 bridgehead atoms. The lowest BCUT2D eigenvalue weighted by atomic mass is 10.3. The van der Waals surface area contributed by atoms with Gasteiger partial charge in [-0.1, -0.05) is 15.9 Å². The van der Waals surface area contributed by atoms with Crippen molar-refractivity contribution in [3.8, 4) is 0 Å². The molecule has 0 saturated carbocycles. The van der Waals surface area contributed by atoms with E-state index in [9.17, 15) is 0 Å². The first-order valence-electron chi connectivity index (χ1n) is 5.66. The molecular formula is C13H15BrN4. The second-order valence-electron chi connectivity index (χ2n) is 3.90. The molecule has 0 radical (unpaired) electrons. The molecule has 0 unspecified atom stereocenters. The Balaban J connectivity index is 2.24. The van der Waals surface area contributed by atoms with Crippen molar-refractivity contribution >= 4 is 27.4 Å². The van der Waals surface area contributed by atoms with E-state index in [4.69, 9.17) is 0 Å². The van der Waals surface area contributed by atoms with Gasteiger partial charge >= 0.3 is 0 Å². The smallest absolute Gasteiger partial charge is 0.144 e. The van der Waals surface area contributed by atoms with Crippen LogP contribution >= 0.6 is 15.9 Å². The molecule has 94 valence electrons. The van der Waals surface area contributed by atoms with Crippen molar-refractivity contribution < 1.29 is 0 Å². The van der Waals surface area contributed by atoms with Gasteiger partial charge < -0.3 is 10.2 Å². The Kier molecular flexibility index (Phi) is 4.28. The number of benzene rings is 1. The zero-order chi connectivity index (χ0) is 13.0. The van der Waals surface area contributed by atoms with E-state index in [-0.39, 0.29) is 0 Å². The monoisotopic (exact) mass is 306 g/mol. The van der Waals surface area contributed by atoms with E-state index in [1.54, 1.807) is 6.20 Å². The largest absolute Gasteiger partial charge is 0.329 e. The Bertz CT molecular complexity index is 513. The van der Waals surface area contributed by atoms with Crippen molar-refractivity contribution in [1.82, 2.24) is 15.3 Å². The number of nitrogens with zero attached hydrogens (tertiary/aromatic N) is 3. The molecule has 4 nitrogen and oxygen atoms in total. The summed E-state index contributed by atoms with van der Waals surface area (Å²) in [6.45, 7) is 0.669. The van der Waals surface area contributed by atoms with Crippen molar-refractivity contribution in [2.24, 2.45) is 0 Å². The molecule has 0 saturated heterocycles. The van der Waals surface area contributed by atoms with Gasteiger partial charge in [-0.25, -0.2) is 9.97 Å². The normalized spacial score (nSPS) is 10.4. The van der Waals surface area contributed by atoms with Crippen LogP contribution in [-0.4, -0.2) is 24.1 Å². The number of halogens is 1. The SMILES string of the molecule is CNCc1nccc(N(C)c2ccc(Br)cc2)n1. The molecule has 0 atom stereocenters. The average molecular weight is 307 g/mol. The van der Waals surface area contributed by atoms with E-state index in [0.717, 1.165) is 21.8 Å². The number of rotatable bonds is 4. The fourth-order valence-electron chi connectivity index (χ4n) is 1.62. The van der Waals surface area contributed by atoms with Gasteiger partial charge in [-0.2, -0.15) is 0 Å². The van der Waals surface area contributed by atoms with Gasteiger partial charge in [0.1, 0.15) is 11.6 Å². The Labute approximate surface area is 115 Å². The zero-order valence-corrected chi connectivity index (χ0v) is 12.0. The Morgan fingerprint density at radius 2 is 1.94 bits per heavy atom. The van der Waals surface area contributed by atoms with E-state index in [0.29, 0.717) is 6.54 Å². The van der Waals surface area contributed by atoms with Crippen LogP contribution in [0.25, 0.3) is 0 Å². The van der Waals surface area contributed by atoms with Gasteiger partial charge in [-0.05, 0) is 37.4 Å². The predicted molar refractivity (Wildman–Crippen MR) is 77.0 cm³/mol. The quantitative estimate of drug-likeness (QED) is 0.943. The molecule has 2 aromatic rings. The zero-order valence-electron chi connectivity index (χ0n) is 10.4. The maximum atomic E-state index is 4.50. The summed E-state index contributed by atoms with van der Waals surface area (Å²) < 4.78 is 1.07. The second-order valence-corrected chi connectivity index (χ2v) is 4.81. The Morgan fingerprint density at radius 3 is 2.61 bits per heavy atom. The molecule has 1 aromatic heterocycles. The molecule has 18 heavy (non-hydrogen) atoms. The van der Waals surface area contributed by atoms with Crippen molar-refractivity contribution in [2.45, 2.75) is 6.54 Å². The minimum Gasteiger partial charge on any atom is -0.329 e. The van der Waals surface area contributed by atoms with Crippen molar-refractivity contribution in [2.75, 3.05) is 19.0 Å².